The number of nitrogens with zero attached hydrogens (tertiary/aromatic N) is 2. The molecule has 1 spiro atoms. The Hall–Kier alpha value is -0.810. The molecule has 0 bridgehead atoms. The number of hydrogen-bond donors (Lipinski definition) is 1. The van der Waals surface area contributed by atoms with E-state index < -0.39 is 0 Å². The third-order valence-corrected chi connectivity index (χ3v) is 5.31. The highest BCUT2D eigenvalue weighted by molar-refractivity contribution is 5.80. The number of guanidine groups is 1. The van der Waals surface area contributed by atoms with Gasteiger partial charge >= 0.3 is 0 Å². The first-order valence-corrected chi connectivity index (χ1v) is 8.42. The molecule has 0 aliphatic carbocycles. The second kappa shape index (κ2) is 6.97. The number of ether oxygens (including phenoxy) is 2. The van der Waals surface area contributed by atoms with Gasteiger partial charge in [-0.3, -0.25) is 4.99 Å². The van der Waals surface area contributed by atoms with Gasteiger partial charge in [-0.15, -0.1) is 0 Å². The molecule has 3 aliphatic rings. The van der Waals surface area contributed by atoms with Crippen LogP contribution in [0.4, 0.5) is 0 Å². The second-order valence-corrected chi connectivity index (χ2v) is 6.79. The predicted octanol–water partition coefficient (Wildman–Crippen LogP) is 1.49. The minimum Gasteiger partial charge on any atom is -0.381 e. The zero-order chi connectivity index (χ0) is 14.5. The molecular weight excluding hydrogens is 266 g/mol. The number of rotatable bonds is 3. The number of likely N-dealkylation sites (tertiary alicyclic amines) is 1. The molecule has 0 saturated carbocycles. The lowest BCUT2D eigenvalue weighted by Crippen LogP contribution is -2.42. The fraction of sp³-hybridized carbons (Fsp3) is 0.938. The summed E-state index contributed by atoms with van der Waals surface area (Å²) in [6.45, 7) is 6.98. The van der Waals surface area contributed by atoms with Gasteiger partial charge in [0.05, 0.1) is 6.61 Å². The molecule has 5 nitrogen and oxygen atoms in total. The summed E-state index contributed by atoms with van der Waals surface area (Å²) in [5.74, 6) is 1.89. The highest BCUT2D eigenvalue weighted by atomic mass is 16.5. The fourth-order valence-electron chi connectivity index (χ4n) is 3.84. The average Bonchev–Trinajstić information content (AvgIpc) is 3.15. The van der Waals surface area contributed by atoms with Crippen LogP contribution < -0.4 is 5.32 Å². The van der Waals surface area contributed by atoms with E-state index >= 15 is 0 Å². The molecule has 3 aliphatic heterocycles. The fourth-order valence-corrected chi connectivity index (χ4v) is 3.84. The zero-order valence-electron chi connectivity index (χ0n) is 13.3. The van der Waals surface area contributed by atoms with Crippen LogP contribution >= 0.6 is 0 Å². The van der Waals surface area contributed by atoms with Crippen LogP contribution in [0.1, 0.15) is 32.1 Å². The molecule has 21 heavy (non-hydrogen) atoms. The molecule has 3 saturated heterocycles. The Balaban J connectivity index is 1.43. The highest BCUT2D eigenvalue weighted by Crippen LogP contribution is 2.38. The number of hydrogen-bond acceptors (Lipinski definition) is 3. The Morgan fingerprint density at radius 1 is 1.24 bits per heavy atom. The van der Waals surface area contributed by atoms with E-state index in [0.29, 0.717) is 5.41 Å². The highest BCUT2D eigenvalue weighted by Gasteiger charge is 2.42. The zero-order valence-corrected chi connectivity index (χ0v) is 13.3. The Bertz CT molecular complexity index is 361. The molecular formula is C16H29N3O2. The van der Waals surface area contributed by atoms with Crippen LogP contribution in [0.15, 0.2) is 4.99 Å². The Morgan fingerprint density at radius 3 is 2.81 bits per heavy atom. The third-order valence-electron chi connectivity index (χ3n) is 5.31. The lowest BCUT2D eigenvalue weighted by Gasteiger charge is -2.26. The smallest absolute Gasteiger partial charge is 0.193 e. The van der Waals surface area contributed by atoms with Crippen molar-refractivity contribution in [1.29, 1.82) is 0 Å². The van der Waals surface area contributed by atoms with Crippen molar-refractivity contribution in [2.45, 2.75) is 32.1 Å². The van der Waals surface area contributed by atoms with Gasteiger partial charge in [0.15, 0.2) is 5.96 Å². The Labute approximate surface area is 128 Å². The first-order valence-electron chi connectivity index (χ1n) is 8.42. The van der Waals surface area contributed by atoms with Crippen molar-refractivity contribution in [3.8, 4) is 0 Å². The van der Waals surface area contributed by atoms with E-state index in [1.807, 2.05) is 7.05 Å². The van der Waals surface area contributed by atoms with E-state index in [2.05, 4.69) is 15.2 Å². The van der Waals surface area contributed by atoms with E-state index in [9.17, 15) is 0 Å². The first kappa shape index (κ1) is 15.1. The first-order chi connectivity index (χ1) is 10.3. The molecule has 0 aromatic carbocycles. The van der Waals surface area contributed by atoms with Crippen LogP contribution in [0.3, 0.4) is 0 Å². The summed E-state index contributed by atoms with van der Waals surface area (Å²) >= 11 is 0. The van der Waals surface area contributed by atoms with Crippen LogP contribution in [-0.2, 0) is 9.47 Å². The Kier molecular flexibility index (Phi) is 5.01. The standard InChI is InChI=1S/C16H29N3O2/c1-17-15(18-7-2-14-3-9-20-10-4-14)19-8-5-16(12-19)6-11-21-13-16/h14H,2-13H2,1H3,(H,17,18). The topological polar surface area (TPSA) is 46.1 Å². The van der Waals surface area contributed by atoms with Crippen molar-refractivity contribution >= 4 is 5.96 Å². The summed E-state index contributed by atoms with van der Waals surface area (Å²) in [6.07, 6.45) is 6.11. The largest absolute Gasteiger partial charge is 0.381 e. The van der Waals surface area contributed by atoms with Crippen molar-refractivity contribution in [3.05, 3.63) is 0 Å². The normalized spacial score (nSPS) is 31.3. The van der Waals surface area contributed by atoms with Gasteiger partial charge in [0, 0.05) is 51.9 Å². The van der Waals surface area contributed by atoms with Crippen molar-refractivity contribution in [1.82, 2.24) is 10.2 Å². The molecule has 0 aromatic heterocycles. The summed E-state index contributed by atoms with van der Waals surface area (Å²) in [4.78, 5) is 6.89. The van der Waals surface area contributed by atoms with Gasteiger partial charge < -0.3 is 19.7 Å². The number of nitrogens with one attached hydrogen (secondary N) is 1. The maximum atomic E-state index is 5.61. The molecule has 0 radical (unpaired) electrons. The van der Waals surface area contributed by atoms with Crippen molar-refractivity contribution < 1.29 is 9.47 Å². The number of aliphatic imine (C=N–C) groups is 1. The summed E-state index contributed by atoms with van der Waals surface area (Å²) in [5, 5.41) is 3.56. The molecule has 5 heteroatoms. The maximum absolute atomic E-state index is 5.61. The van der Waals surface area contributed by atoms with E-state index in [-0.39, 0.29) is 0 Å². The van der Waals surface area contributed by atoms with Gasteiger partial charge in [-0.25, -0.2) is 0 Å². The van der Waals surface area contributed by atoms with Crippen molar-refractivity contribution in [2.24, 2.45) is 16.3 Å². The van der Waals surface area contributed by atoms with Crippen LogP contribution in [0.2, 0.25) is 0 Å². The van der Waals surface area contributed by atoms with Gasteiger partial charge in [0.2, 0.25) is 0 Å². The van der Waals surface area contributed by atoms with E-state index in [4.69, 9.17) is 9.47 Å². The average molecular weight is 295 g/mol. The van der Waals surface area contributed by atoms with Crippen molar-refractivity contribution in [3.63, 3.8) is 0 Å². The van der Waals surface area contributed by atoms with Crippen LogP contribution in [-0.4, -0.2) is 64.0 Å². The van der Waals surface area contributed by atoms with Gasteiger partial charge in [0.25, 0.3) is 0 Å². The minimum absolute atomic E-state index is 0.401. The summed E-state index contributed by atoms with van der Waals surface area (Å²) in [7, 11) is 1.90. The lowest BCUT2D eigenvalue weighted by molar-refractivity contribution is 0.0643. The van der Waals surface area contributed by atoms with Gasteiger partial charge in [0.1, 0.15) is 0 Å². The molecule has 1 unspecified atom stereocenters. The van der Waals surface area contributed by atoms with Crippen molar-refractivity contribution in [2.75, 3.05) is 53.1 Å². The SMILES string of the molecule is CN=C(NCCC1CCOCC1)N1CCC2(CCOC2)C1. The molecule has 3 rings (SSSR count). The van der Waals surface area contributed by atoms with E-state index in [1.165, 1.54) is 32.1 Å². The summed E-state index contributed by atoms with van der Waals surface area (Å²) < 4.78 is 11.0. The van der Waals surface area contributed by atoms with Gasteiger partial charge in [-0.05, 0) is 38.0 Å². The monoisotopic (exact) mass is 295 g/mol. The predicted molar refractivity (Wildman–Crippen MR) is 83.6 cm³/mol. The van der Waals surface area contributed by atoms with Crippen LogP contribution in [0.25, 0.3) is 0 Å². The molecule has 0 amide bonds. The molecule has 1 atom stereocenters. The lowest BCUT2D eigenvalue weighted by atomic mass is 9.87. The maximum Gasteiger partial charge on any atom is 0.193 e. The van der Waals surface area contributed by atoms with Gasteiger partial charge in [-0.1, -0.05) is 0 Å². The van der Waals surface area contributed by atoms with E-state index in [1.54, 1.807) is 0 Å². The third kappa shape index (κ3) is 3.69. The van der Waals surface area contributed by atoms with E-state index in [0.717, 1.165) is 57.9 Å². The minimum atomic E-state index is 0.401. The Morgan fingerprint density at radius 2 is 2.10 bits per heavy atom. The molecule has 1 N–H and O–H groups in total. The molecule has 3 fully saturated rings. The second-order valence-electron chi connectivity index (χ2n) is 6.79. The molecule has 120 valence electrons. The molecule has 0 aromatic rings. The quantitative estimate of drug-likeness (QED) is 0.633. The molecule has 3 heterocycles. The summed E-state index contributed by atoms with van der Waals surface area (Å²) in [5.41, 5.74) is 0.401. The summed E-state index contributed by atoms with van der Waals surface area (Å²) in [6, 6.07) is 0. The van der Waals surface area contributed by atoms with Crippen LogP contribution in [0, 0.1) is 11.3 Å². The van der Waals surface area contributed by atoms with Crippen LogP contribution in [0.5, 0.6) is 0 Å². The van der Waals surface area contributed by atoms with Gasteiger partial charge in [-0.2, -0.15) is 0 Å².